The second-order valence-corrected chi connectivity index (χ2v) is 6.17. The maximum atomic E-state index is 12.8. The molecular weight excluding hydrogens is 382 g/mol. The van der Waals surface area contributed by atoms with E-state index in [4.69, 9.17) is 4.74 Å². The zero-order valence-corrected chi connectivity index (χ0v) is 16.3. The fourth-order valence-electron chi connectivity index (χ4n) is 2.95. The smallest absolute Gasteiger partial charge is 0.337 e. The van der Waals surface area contributed by atoms with Crippen LogP contribution >= 0.6 is 0 Å². The summed E-state index contributed by atoms with van der Waals surface area (Å²) in [5, 5.41) is 4.97. The molecule has 1 aromatic rings. The summed E-state index contributed by atoms with van der Waals surface area (Å²) in [5.41, 5.74) is -2.48. The van der Waals surface area contributed by atoms with Crippen LogP contribution in [0.5, 0.6) is 0 Å². The van der Waals surface area contributed by atoms with Crippen LogP contribution in [-0.4, -0.2) is 38.4 Å². The van der Waals surface area contributed by atoms with Gasteiger partial charge in [0.2, 0.25) is 0 Å². The van der Waals surface area contributed by atoms with Crippen LogP contribution in [0.4, 0.5) is 4.79 Å². The van der Waals surface area contributed by atoms with Crippen molar-refractivity contribution in [2.24, 2.45) is 0 Å². The van der Waals surface area contributed by atoms with Crippen molar-refractivity contribution in [2.45, 2.75) is 39.5 Å². The molecule has 2 N–H and O–H groups in total. The van der Waals surface area contributed by atoms with Gasteiger partial charge in [0.1, 0.15) is 0 Å². The highest BCUT2D eigenvalue weighted by molar-refractivity contribution is 5.94. The predicted octanol–water partition coefficient (Wildman–Crippen LogP) is -0.938. The summed E-state index contributed by atoms with van der Waals surface area (Å²) >= 11 is 0. The number of aromatic nitrogens is 3. The van der Waals surface area contributed by atoms with Crippen molar-refractivity contribution in [3.63, 3.8) is 0 Å². The largest absolute Gasteiger partial charge is 0.463 e. The predicted molar refractivity (Wildman–Crippen MR) is 104 cm³/mol. The van der Waals surface area contributed by atoms with Gasteiger partial charge in [0, 0.05) is 0 Å². The Bertz CT molecular complexity index is 1010. The number of nitrogens with zero attached hydrogens (tertiary/aromatic N) is 3. The number of amides is 2. The molecule has 2 amide bonds. The summed E-state index contributed by atoms with van der Waals surface area (Å²) in [5.74, 6) is -0.693. The van der Waals surface area contributed by atoms with E-state index in [1.165, 1.54) is 12.2 Å². The second kappa shape index (κ2) is 9.04. The van der Waals surface area contributed by atoms with Crippen LogP contribution in [0.1, 0.15) is 13.8 Å². The number of ether oxygens (including phenoxy) is 1. The second-order valence-electron chi connectivity index (χ2n) is 6.17. The van der Waals surface area contributed by atoms with E-state index in [1.54, 1.807) is 13.8 Å². The Hall–Kier alpha value is -3.63. The number of esters is 1. The van der Waals surface area contributed by atoms with Crippen LogP contribution in [0.25, 0.3) is 0 Å². The van der Waals surface area contributed by atoms with Gasteiger partial charge in [-0.25, -0.2) is 37.7 Å². The number of urea groups is 1. The van der Waals surface area contributed by atoms with Crippen molar-refractivity contribution in [1.82, 2.24) is 24.3 Å². The van der Waals surface area contributed by atoms with Gasteiger partial charge in [-0.05, 0) is 13.8 Å². The molecule has 0 aliphatic carbocycles. The average molecular weight is 405 g/mol. The lowest BCUT2D eigenvalue weighted by Gasteiger charge is -2.27. The molecule has 2 heterocycles. The molecule has 1 aliphatic rings. The first-order chi connectivity index (χ1) is 13.8. The van der Waals surface area contributed by atoms with E-state index in [-0.39, 0.29) is 31.0 Å². The van der Waals surface area contributed by atoms with Crippen molar-refractivity contribution in [2.75, 3.05) is 6.61 Å². The summed E-state index contributed by atoms with van der Waals surface area (Å²) in [7, 11) is 0. The fraction of sp³-hybridized carbons (Fsp3) is 0.389. The third kappa shape index (κ3) is 4.28. The number of hydrogen-bond donors (Lipinski definition) is 2. The Morgan fingerprint density at radius 2 is 1.55 bits per heavy atom. The van der Waals surface area contributed by atoms with Crippen molar-refractivity contribution in [3.05, 3.63) is 68.0 Å². The number of allylic oxidation sites excluding steroid dienone is 3. The van der Waals surface area contributed by atoms with E-state index < -0.39 is 41.7 Å². The van der Waals surface area contributed by atoms with Gasteiger partial charge >= 0.3 is 29.1 Å². The third-order valence-electron chi connectivity index (χ3n) is 4.19. The minimum Gasteiger partial charge on any atom is -0.463 e. The van der Waals surface area contributed by atoms with Gasteiger partial charge in [0.25, 0.3) is 0 Å². The minimum atomic E-state index is -0.892. The molecule has 1 unspecified atom stereocenters. The fourth-order valence-corrected chi connectivity index (χ4v) is 2.95. The topological polar surface area (TPSA) is 133 Å². The van der Waals surface area contributed by atoms with Crippen LogP contribution in [0.2, 0.25) is 0 Å². The van der Waals surface area contributed by atoms with E-state index >= 15 is 0 Å². The molecule has 1 atom stereocenters. The Morgan fingerprint density at radius 1 is 1.03 bits per heavy atom. The monoisotopic (exact) mass is 405 g/mol. The molecular formula is C18H23N5O6. The lowest BCUT2D eigenvalue weighted by Crippen LogP contribution is -2.56. The van der Waals surface area contributed by atoms with Crippen molar-refractivity contribution in [3.8, 4) is 0 Å². The van der Waals surface area contributed by atoms with Gasteiger partial charge in [0.05, 0.1) is 43.6 Å². The number of hydrogen-bond acceptors (Lipinski definition) is 6. The lowest BCUT2D eigenvalue weighted by molar-refractivity contribution is -0.139. The van der Waals surface area contributed by atoms with E-state index in [0.717, 1.165) is 13.7 Å². The van der Waals surface area contributed by atoms with Gasteiger partial charge in [-0.2, -0.15) is 0 Å². The molecule has 1 aliphatic heterocycles. The zero-order valence-electron chi connectivity index (χ0n) is 16.3. The number of rotatable bonds is 8. The Kier molecular flexibility index (Phi) is 6.75. The molecule has 0 saturated heterocycles. The number of carbonyl (C=O) groups excluding carboxylic acids is 2. The number of nitrogens with one attached hydrogen (secondary N) is 2. The molecule has 1 aromatic heterocycles. The van der Waals surface area contributed by atoms with Gasteiger partial charge in [0.15, 0.2) is 0 Å². The normalized spacial score (nSPS) is 16.1. The molecule has 0 bridgehead atoms. The first-order valence-corrected chi connectivity index (χ1v) is 8.90. The highest BCUT2D eigenvalue weighted by Crippen LogP contribution is 2.15. The number of carbonyl (C=O) groups is 2. The van der Waals surface area contributed by atoms with Crippen molar-refractivity contribution >= 4 is 12.0 Å². The SMILES string of the molecule is C=CCn1c(=O)n(CC=C)c(=O)n(CC2=C(C(=O)OCC)C(C)NC(=O)N2)c1=O. The summed E-state index contributed by atoms with van der Waals surface area (Å²) in [6, 6.07) is -1.30. The molecule has 0 saturated carbocycles. The molecule has 0 spiro atoms. The first-order valence-electron chi connectivity index (χ1n) is 8.90. The summed E-state index contributed by atoms with van der Waals surface area (Å²) in [4.78, 5) is 62.2. The molecule has 0 fully saturated rings. The molecule has 11 nitrogen and oxygen atoms in total. The van der Waals surface area contributed by atoms with E-state index in [0.29, 0.717) is 0 Å². The molecule has 2 rings (SSSR count). The van der Waals surface area contributed by atoms with Gasteiger partial charge in [-0.15, -0.1) is 13.2 Å². The summed E-state index contributed by atoms with van der Waals surface area (Å²) in [6.07, 6.45) is 2.68. The standard InChI is InChI=1S/C18H23N5O6/c1-5-8-21-16(26)22(9-6-2)18(28)23(17(21)27)10-12-13(14(24)29-7-3)11(4)19-15(25)20-12/h5-6,11H,1-2,7-10H2,3-4H3,(H2,19,20,25). The maximum absolute atomic E-state index is 12.8. The zero-order chi connectivity index (χ0) is 21.7. The van der Waals surface area contributed by atoms with E-state index in [2.05, 4.69) is 23.8 Å². The van der Waals surface area contributed by atoms with Gasteiger partial charge in [-0.3, -0.25) is 0 Å². The highest BCUT2D eigenvalue weighted by Gasteiger charge is 2.30. The van der Waals surface area contributed by atoms with Gasteiger partial charge in [-0.1, -0.05) is 12.2 Å². The van der Waals surface area contributed by atoms with Gasteiger partial charge < -0.3 is 15.4 Å². The van der Waals surface area contributed by atoms with Crippen LogP contribution in [0.15, 0.2) is 51.0 Å². The third-order valence-corrected chi connectivity index (χ3v) is 4.19. The molecule has 0 aromatic carbocycles. The molecule has 156 valence electrons. The Labute approximate surface area is 165 Å². The Morgan fingerprint density at radius 3 is 2.03 bits per heavy atom. The maximum Gasteiger partial charge on any atom is 0.337 e. The van der Waals surface area contributed by atoms with Crippen LogP contribution in [0.3, 0.4) is 0 Å². The summed E-state index contributed by atoms with van der Waals surface area (Å²) < 4.78 is 7.44. The highest BCUT2D eigenvalue weighted by atomic mass is 16.5. The minimum absolute atomic E-state index is 0.0351. The summed E-state index contributed by atoms with van der Waals surface area (Å²) in [6.45, 7) is 9.64. The molecule has 11 heteroatoms. The van der Waals surface area contributed by atoms with E-state index in [9.17, 15) is 24.0 Å². The Balaban J connectivity index is 2.72. The first kappa shape index (κ1) is 21.7. The molecule has 29 heavy (non-hydrogen) atoms. The quantitative estimate of drug-likeness (QED) is 0.424. The van der Waals surface area contributed by atoms with Crippen LogP contribution in [-0.2, 0) is 29.2 Å². The average Bonchev–Trinajstić information content (AvgIpc) is 2.65. The van der Waals surface area contributed by atoms with E-state index in [1.807, 2.05) is 0 Å². The van der Waals surface area contributed by atoms with Crippen molar-refractivity contribution < 1.29 is 14.3 Å². The van der Waals surface area contributed by atoms with Crippen molar-refractivity contribution in [1.29, 1.82) is 0 Å². The lowest BCUT2D eigenvalue weighted by atomic mass is 10.0. The van der Waals surface area contributed by atoms with Crippen LogP contribution < -0.4 is 27.7 Å². The van der Waals surface area contributed by atoms with Crippen LogP contribution in [0, 0.1) is 0 Å². The molecule has 0 radical (unpaired) electrons.